The van der Waals surface area contributed by atoms with Crippen LogP contribution in [-0.2, 0) is 0 Å². The maximum atomic E-state index is 3.76. The zero-order valence-corrected chi connectivity index (χ0v) is 15.7. The van der Waals surface area contributed by atoms with E-state index in [2.05, 4.69) is 63.3 Å². The van der Waals surface area contributed by atoms with Crippen LogP contribution in [0.5, 0.6) is 0 Å². The van der Waals surface area contributed by atoms with Crippen molar-refractivity contribution >= 4 is 31.9 Å². The lowest BCUT2D eigenvalue weighted by atomic mass is 9.83. The number of halogens is 2. The normalized spacial score (nSPS) is 19.4. The molecule has 0 aromatic heterocycles. The molecule has 1 nitrogen and oxygen atoms in total. The molecule has 0 bridgehead atoms. The molecule has 1 aromatic carbocycles. The van der Waals surface area contributed by atoms with E-state index in [1.807, 2.05) is 0 Å². The summed E-state index contributed by atoms with van der Waals surface area (Å²) in [7, 11) is 2.10. The molecule has 1 unspecified atom stereocenters. The molecular weight excluding hydrogens is 378 g/mol. The van der Waals surface area contributed by atoms with Gasteiger partial charge in [-0.25, -0.2) is 0 Å². The molecule has 1 saturated carbocycles. The molecule has 1 aliphatic rings. The average Bonchev–Trinajstić information content (AvgIpc) is 2.38. The molecule has 1 atom stereocenters. The van der Waals surface area contributed by atoms with Crippen LogP contribution in [-0.4, -0.2) is 7.05 Å². The predicted octanol–water partition coefficient (Wildman–Crippen LogP) is 6.14. The van der Waals surface area contributed by atoms with Crippen LogP contribution in [0.2, 0.25) is 0 Å². The molecule has 0 spiro atoms. The summed E-state index contributed by atoms with van der Waals surface area (Å²) < 4.78 is 2.45. The van der Waals surface area contributed by atoms with Gasteiger partial charge in [0.05, 0.1) is 0 Å². The van der Waals surface area contributed by atoms with Gasteiger partial charge in [0.2, 0.25) is 0 Å². The van der Waals surface area contributed by atoms with Gasteiger partial charge < -0.3 is 5.32 Å². The number of hydrogen-bond acceptors (Lipinski definition) is 1. The molecule has 0 heterocycles. The standard InChI is InChI=1S/C17H25Br2N/c1-12-10-16(19)14(11-15(12)18)17(20-2)13-8-6-4-3-5-7-9-13/h10-11,13,17,20H,3-9H2,1-2H3. The quantitative estimate of drug-likeness (QED) is 0.639. The monoisotopic (exact) mass is 401 g/mol. The van der Waals surface area contributed by atoms with Crippen molar-refractivity contribution in [3.8, 4) is 0 Å². The van der Waals surface area contributed by atoms with Gasteiger partial charge in [0.15, 0.2) is 0 Å². The first kappa shape index (κ1) is 16.5. The van der Waals surface area contributed by atoms with Gasteiger partial charge in [0, 0.05) is 15.0 Å². The van der Waals surface area contributed by atoms with Crippen molar-refractivity contribution < 1.29 is 0 Å². The Balaban J connectivity index is 2.24. The fraction of sp³-hybridized carbons (Fsp3) is 0.647. The van der Waals surface area contributed by atoms with E-state index in [1.165, 1.54) is 65.0 Å². The lowest BCUT2D eigenvalue weighted by molar-refractivity contribution is 0.299. The highest BCUT2D eigenvalue weighted by Crippen LogP contribution is 2.37. The van der Waals surface area contributed by atoms with Gasteiger partial charge in [-0.05, 0) is 56.0 Å². The summed E-state index contributed by atoms with van der Waals surface area (Å²) in [4.78, 5) is 0. The Labute approximate surface area is 140 Å². The maximum Gasteiger partial charge on any atom is 0.0357 e. The Bertz CT molecular complexity index is 437. The summed E-state index contributed by atoms with van der Waals surface area (Å²) in [6.07, 6.45) is 9.71. The van der Waals surface area contributed by atoms with Gasteiger partial charge in [-0.1, -0.05) is 64.0 Å². The van der Waals surface area contributed by atoms with Crippen molar-refractivity contribution in [1.29, 1.82) is 0 Å². The second-order valence-electron chi connectivity index (χ2n) is 5.99. The summed E-state index contributed by atoms with van der Waals surface area (Å²) in [5, 5.41) is 3.57. The predicted molar refractivity (Wildman–Crippen MR) is 94.2 cm³/mol. The van der Waals surface area contributed by atoms with Crippen LogP contribution in [0.3, 0.4) is 0 Å². The second-order valence-corrected chi connectivity index (χ2v) is 7.70. The summed E-state index contributed by atoms with van der Waals surface area (Å²) in [5.74, 6) is 0.756. The van der Waals surface area contributed by atoms with Crippen molar-refractivity contribution in [3.05, 3.63) is 32.2 Å². The fourth-order valence-electron chi connectivity index (χ4n) is 3.37. The highest BCUT2D eigenvalue weighted by molar-refractivity contribution is 9.11. The lowest BCUT2D eigenvalue weighted by Crippen LogP contribution is -2.26. The number of nitrogens with one attached hydrogen (secondary N) is 1. The van der Waals surface area contributed by atoms with Gasteiger partial charge in [0.25, 0.3) is 0 Å². The van der Waals surface area contributed by atoms with E-state index in [-0.39, 0.29) is 0 Å². The van der Waals surface area contributed by atoms with E-state index in [4.69, 9.17) is 0 Å². The first-order valence-corrected chi connectivity index (χ1v) is 9.35. The van der Waals surface area contributed by atoms with Crippen molar-refractivity contribution in [2.75, 3.05) is 7.05 Å². The van der Waals surface area contributed by atoms with E-state index in [0.29, 0.717) is 6.04 Å². The molecule has 2 rings (SSSR count). The fourth-order valence-corrected chi connectivity index (χ4v) is 4.43. The molecule has 1 aliphatic carbocycles. The zero-order chi connectivity index (χ0) is 14.5. The van der Waals surface area contributed by atoms with E-state index >= 15 is 0 Å². The molecule has 20 heavy (non-hydrogen) atoms. The molecule has 112 valence electrons. The van der Waals surface area contributed by atoms with Gasteiger partial charge in [-0.2, -0.15) is 0 Å². The largest absolute Gasteiger partial charge is 0.313 e. The minimum atomic E-state index is 0.458. The Kier molecular flexibility index (Phi) is 6.57. The van der Waals surface area contributed by atoms with E-state index < -0.39 is 0 Å². The average molecular weight is 403 g/mol. The molecule has 0 aliphatic heterocycles. The topological polar surface area (TPSA) is 12.0 Å². The molecule has 1 fully saturated rings. The smallest absolute Gasteiger partial charge is 0.0357 e. The number of rotatable bonds is 3. The van der Waals surface area contributed by atoms with Crippen LogP contribution >= 0.6 is 31.9 Å². The summed E-state index contributed by atoms with van der Waals surface area (Å²) >= 11 is 7.44. The van der Waals surface area contributed by atoms with Crippen molar-refractivity contribution in [1.82, 2.24) is 5.32 Å². The molecule has 0 saturated heterocycles. The third-order valence-electron chi connectivity index (χ3n) is 4.55. The number of aryl methyl sites for hydroxylation is 1. The molecular formula is C17H25Br2N. The molecule has 1 N–H and O–H groups in total. The molecule has 3 heteroatoms. The van der Waals surface area contributed by atoms with E-state index in [0.717, 1.165) is 5.92 Å². The van der Waals surface area contributed by atoms with Crippen LogP contribution in [0.15, 0.2) is 21.1 Å². The number of benzene rings is 1. The first-order chi connectivity index (χ1) is 9.63. The minimum Gasteiger partial charge on any atom is -0.313 e. The SMILES string of the molecule is CNC(c1cc(Br)c(C)cc1Br)C1CCCCCCC1. The van der Waals surface area contributed by atoms with Gasteiger partial charge in [0.1, 0.15) is 0 Å². The summed E-state index contributed by atoms with van der Waals surface area (Å²) in [5.41, 5.74) is 2.68. The van der Waals surface area contributed by atoms with Crippen LogP contribution in [0, 0.1) is 12.8 Å². The minimum absolute atomic E-state index is 0.458. The third kappa shape index (κ3) is 4.08. The highest BCUT2D eigenvalue weighted by atomic mass is 79.9. The van der Waals surface area contributed by atoms with Gasteiger partial charge >= 0.3 is 0 Å². The van der Waals surface area contributed by atoms with Crippen LogP contribution in [0.4, 0.5) is 0 Å². The summed E-state index contributed by atoms with van der Waals surface area (Å²) in [6.45, 7) is 2.14. The van der Waals surface area contributed by atoms with Crippen LogP contribution in [0.25, 0.3) is 0 Å². The Morgan fingerprint density at radius 2 is 1.60 bits per heavy atom. The van der Waals surface area contributed by atoms with Crippen molar-refractivity contribution in [3.63, 3.8) is 0 Å². The molecule has 0 amide bonds. The third-order valence-corrected chi connectivity index (χ3v) is 6.09. The molecule has 1 aromatic rings. The Morgan fingerprint density at radius 1 is 1.00 bits per heavy atom. The van der Waals surface area contributed by atoms with Gasteiger partial charge in [-0.15, -0.1) is 0 Å². The summed E-state index contributed by atoms with van der Waals surface area (Å²) in [6, 6.07) is 4.98. The number of hydrogen-bond donors (Lipinski definition) is 1. The zero-order valence-electron chi connectivity index (χ0n) is 12.5. The second kappa shape index (κ2) is 7.95. The van der Waals surface area contributed by atoms with Crippen LogP contribution < -0.4 is 5.32 Å². The Morgan fingerprint density at radius 3 is 2.20 bits per heavy atom. The Hall–Kier alpha value is 0.140. The van der Waals surface area contributed by atoms with Gasteiger partial charge in [-0.3, -0.25) is 0 Å². The van der Waals surface area contributed by atoms with Crippen LogP contribution in [0.1, 0.15) is 62.1 Å². The lowest BCUT2D eigenvalue weighted by Gasteiger charge is -2.30. The maximum absolute atomic E-state index is 3.76. The molecule has 0 radical (unpaired) electrons. The van der Waals surface area contributed by atoms with Crippen molar-refractivity contribution in [2.24, 2.45) is 5.92 Å². The highest BCUT2D eigenvalue weighted by Gasteiger charge is 2.24. The van der Waals surface area contributed by atoms with E-state index in [1.54, 1.807) is 0 Å². The van der Waals surface area contributed by atoms with E-state index in [9.17, 15) is 0 Å². The van der Waals surface area contributed by atoms with Crippen molar-refractivity contribution in [2.45, 2.75) is 57.9 Å². The first-order valence-electron chi connectivity index (χ1n) is 7.76.